The van der Waals surface area contributed by atoms with Gasteiger partial charge in [0, 0.05) is 13.2 Å². The fourth-order valence-corrected chi connectivity index (χ4v) is 5.79. The van der Waals surface area contributed by atoms with Crippen molar-refractivity contribution in [2.75, 3.05) is 32.8 Å². The van der Waals surface area contributed by atoms with E-state index < -0.39 is 6.04 Å². The molecule has 35 heavy (non-hydrogen) atoms. The molecule has 204 valence electrons. The van der Waals surface area contributed by atoms with Gasteiger partial charge >= 0.3 is 0 Å². The Morgan fingerprint density at radius 3 is 2.17 bits per heavy atom. The van der Waals surface area contributed by atoms with Gasteiger partial charge in [0.2, 0.25) is 11.8 Å². The largest absolute Gasteiger partial charge is 0.379 e. The normalized spacial score (nSPS) is 25.6. The summed E-state index contributed by atoms with van der Waals surface area (Å²) in [5.74, 6) is 1.57. The van der Waals surface area contributed by atoms with Crippen molar-refractivity contribution < 1.29 is 14.3 Å². The number of carbonyl (C=O) groups is 2. The summed E-state index contributed by atoms with van der Waals surface area (Å²) in [5, 5.41) is 6.48. The van der Waals surface area contributed by atoms with Gasteiger partial charge in [0.25, 0.3) is 0 Å². The average molecular weight is 494 g/mol. The first kappa shape index (κ1) is 30.1. The minimum Gasteiger partial charge on any atom is -0.379 e. The van der Waals surface area contributed by atoms with Crippen molar-refractivity contribution in [2.24, 2.45) is 23.2 Å². The van der Waals surface area contributed by atoms with Gasteiger partial charge in [0.1, 0.15) is 6.04 Å². The summed E-state index contributed by atoms with van der Waals surface area (Å²) in [4.78, 5) is 29.8. The van der Waals surface area contributed by atoms with Gasteiger partial charge in [0.15, 0.2) is 0 Å². The molecule has 0 aromatic rings. The van der Waals surface area contributed by atoms with E-state index in [2.05, 4.69) is 57.1 Å². The minimum absolute atomic E-state index is 0.0146. The van der Waals surface area contributed by atoms with Crippen LogP contribution in [0.15, 0.2) is 0 Å². The third-order valence-electron chi connectivity index (χ3n) is 8.16. The standard InChI is InChI=1S/C29H55N3O3/c1-7-24(8-2)20-32-15-13-29(14-16-32)12-10-9-11-17-35-21-25(18-22(3)4)30-27(33)26(19-23(5)6)31-28(29)34/h22-26H,7-21H2,1-6H3,(H,30,33)(H,31,34)/t25-,26-/m0/s1. The summed E-state index contributed by atoms with van der Waals surface area (Å²) >= 11 is 0. The number of ether oxygens (including phenoxy) is 1. The third-order valence-corrected chi connectivity index (χ3v) is 8.16. The van der Waals surface area contributed by atoms with E-state index >= 15 is 0 Å². The van der Waals surface area contributed by atoms with Crippen molar-refractivity contribution in [3.8, 4) is 0 Å². The topological polar surface area (TPSA) is 70.7 Å². The van der Waals surface area contributed by atoms with Gasteiger partial charge in [-0.2, -0.15) is 0 Å². The van der Waals surface area contributed by atoms with Crippen LogP contribution in [0, 0.1) is 23.2 Å². The zero-order chi connectivity index (χ0) is 25.8. The molecule has 2 aliphatic rings. The zero-order valence-corrected chi connectivity index (χ0v) is 23.7. The Hall–Kier alpha value is -1.14. The van der Waals surface area contributed by atoms with E-state index in [1.807, 2.05) is 0 Å². The van der Waals surface area contributed by atoms with Crippen LogP contribution in [0.25, 0.3) is 0 Å². The molecule has 0 aliphatic carbocycles. The number of hydrogen-bond acceptors (Lipinski definition) is 4. The summed E-state index contributed by atoms with van der Waals surface area (Å²) in [6.07, 6.45) is 9.79. The van der Waals surface area contributed by atoms with Gasteiger partial charge in [-0.1, -0.05) is 67.2 Å². The number of amides is 2. The molecular formula is C29H55N3O3. The lowest BCUT2D eigenvalue weighted by Crippen LogP contribution is -2.56. The second kappa shape index (κ2) is 15.2. The van der Waals surface area contributed by atoms with Gasteiger partial charge in [-0.05, 0) is 69.4 Å². The highest BCUT2D eigenvalue weighted by atomic mass is 16.5. The first-order valence-corrected chi connectivity index (χ1v) is 14.6. The van der Waals surface area contributed by atoms with Gasteiger partial charge in [-0.25, -0.2) is 0 Å². The van der Waals surface area contributed by atoms with Crippen molar-refractivity contribution in [3.05, 3.63) is 0 Å². The first-order chi connectivity index (χ1) is 16.7. The van der Waals surface area contributed by atoms with Crippen molar-refractivity contribution in [2.45, 2.75) is 118 Å². The lowest BCUT2D eigenvalue weighted by molar-refractivity contribution is -0.139. The molecule has 2 N–H and O–H groups in total. The number of carbonyl (C=O) groups excluding carboxylic acids is 2. The molecule has 2 amide bonds. The molecule has 2 rings (SSSR count). The van der Waals surface area contributed by atoms with E-state index in [0.29, 0.717) is 24.9 Å². The van der Waals surface area contributed by atoms with Crippen LogP contribution in [0.4, 0.5) is 0 Å². The lowest BCUT2D eigenvalue weighted by Gasteiger charge is -2.42. The molecular weight excluding hydrogens is 438 g/mol. The molecule has 0 aromatic heterocycles. The lowest BCUT2D eigenvalue weighted by atomic mass is 9.73. The Balaban J connectivity index is 2.17. The Kier molecular flexibility index (Phi) is 13.1. The molecule has 2 fully saturated rings. The van der Waals surface area contributed by atoms with E-state index in [1.165, 1.54) is 12.8 Å². The quantitative estimate of drug-likeness (QED) is 0.490. The van der Waals surface area contributed by atoms with Crippen LogP contribution in [0.3, 0.4) is 0 Å². The maximum atomic E-state index is 13.9. The summed E-state index contributed by atoms with van der Waals surface area (Å²) in [7, 11) is 0. The molecule has 2 heterocycles. The number of hydrogen-bond donors (Lipinski definition) is 2. The number of likely N-dealkylation sites (tertiary alicyclic amines) is 1. The number of nitrogens with one attached hydrogen (secondary N) is 2. The summed E-state index contributed by atoms with van der Waals surface area (Å²) in [6.45, 7) is 17.5. The first-order valence-electron chi connectivity index (χ1n) is 14.6. The molecule has 6 heteroatoms. The number of rotatable bonds is 8. The summed E-state index contributed by atoms with van der Waals surface area (Å²) < 4.78 is 5.98. The summed E-state index contributed by atoms with van der Waals surface area (Å²) in [6, 6.07) is -0.501. The fraction of sp³-hybridized carbons (Fsp3) is 0.931. The average Bonchev–Trinajstić information content (AvgIpc) is 2.81. The maximum Gasteiger partial charge on any atom is 0.242 e. The highest BCUT2D eigenvalue weighted by molar-refractivity contribution is 5.90. The minimum atomic E-state index is -0.487. The van der Waals surface area contributed by atoms with Crippen molar-refractivity contribution in [3.63, 3.8) is 0 Å². The Morgan fingerprint density at radius 1 is 0.914 bits per heavy atom. The van der Waals surface area contributed by atoms with Crippen molar-refractivity contribution in [1.82, 2.24) is 15.5 Å². The SMILES string of the molecule is CCC(CC)CN1CCC2(CCCCCOC[C@H](CC(C)C)NC(=O)[C@H](CC(C)C)NC2=O)CC1. The molecule has 1 spiro atoms. The van der Waals surface area contributed by atoms with Gasteiger partial charge in [-0.15, -0.1) is 0 Å². The van der Waals surface area contributed by atoms with Crippen molar-refractivity contribution in [1.29, 1.82) is 0 Å². The summed E-state index contributed by atoms with van der Waals surface area (Å²) in [5.41, 5.74) is -0.359. The highest BCUT2D eigenvalue weighted by Crippen LogP contribution is 2.38. The third kappa shape index (κ3) is 10.0. The van der Waals surface area contributed by atoms with Crippen LogP contribution in [0.5, 0.6) is 0 Å². The van der Waals surface area contributed by atoms with E-state index in [9.17, 15) is 9.59 Å². The molecule has 0 radical (unpaired) electrons. The van der Waals surface area contributed by atoms with Crippen LogP contribution < -0.4 is 10.6 Å². The van der Waals surface area contributed by atoms with E-state index in [0.717, 1.165) is 77.1 Å². The number of nitrogens with zero attached hydrogens (tertiary/aromatic N) is 1. The zero-order valence-electron chi connectivity index (χ0n) is 23.7. The van der Waals surface area contributed by atoms with Crippen LogP contribution in [-0.4, -0.2) is 61.6 Å². The Morgan fingerprint density at radius 2 is 1.57 bits per heavy atom. The predicted octanol–water partition coefficient (Wildman–Crippen LogP) is 5.16. The van der Waals surface area contributed by atoms with Crippen molar-refractivity contribution >= 4 is 11.8 Å². The fourth-order valence-electron chi connectivity index (χ4n) is 5.79. The molecule has 0 saturated carbocycles. The molecule has 0 unspecified atom stereocenters. The Bertz CT molecular complexity index is 625. The predicted molar refractivity (Wildman–Crippen MR) is 144 cm³/mol. The van der Waals surface area contributed by atoms with E-state index in [4.69, 9.17) is 4.74 Å². The highest BCUT2D eigenvalue weighted by Gasteiger charge is 2.42. The smallest absolute Gasteiger partial charge is 0.242 e. The van der Waals surface area contributed by atoms with Gasteiger partial charge in [0.05, 0.1) is 18.1 Å². The maximum absolute atomic E-state index is 13.9. The van der Waals surface area contributed by atoms with Crippen LogP contribution in [-0.2, 0) is 14.3 Å². The monoisotopic (exact) mass is 493 g/mol. The molecule has 0 bridgehead atoms. The molecule has 2 saturated heterocycles. The Labute approximate surface area is 215 Å². The van der Waals surface area contributed by atoms with Gasteiger partial charge < -0.3 is 20.3 Å². The second-order valence-corrected chi connectivity index (χ2v) is 12.1. The molecule has 2 aliphatic heterocycles. The number of piperidine rings is 1. The van der Waals surface area contributed by atoms with Gasteiger partial charge in [-0.3, -0.25) is 9.59 Å². The van der Waals surface area contributed by atoms with E-state index in [1.54, 1.807) is 0 Å². The molecule has 6 nitrogen and oxygen atoms in total. The molecule has 0 aromatic carbocycles. The second-order valence-electron chi connectivity index (χ2n) is 12.1. The van der Waals surface area contributed by atoms with E-state index in [-0.39, 0.29) is 23.3 Å². The molecule has 2 atom stereocenters. The van der Waals surface area contributed by atoms with Crippen LogP contribution in [0.2, 0.25) is 0 Å². The van der Waals surface area contributed by atoms with Crippen LogP contribution >= 0.6 is 0 Å². The van der Waals surface area contributed by atoms with Crippen LogP contribution in [0.1, 0.15) is 106 Å².